The number of nitrogens with zero attached hydrogens (tertiary/aromatic N) is 3. The van der Waals surface area contributed by atoms with Crippen LogP contribution in [0.1, 0.15) is 43.5 Å². The number of aromatic nitrogens is 1. The number of ether oxygens (including phenoxy) is 3. The van der Waals surface area contributed by atoms with Crippen molar-refractivity contribution < 1.29 is 19.0 Å². The number of carbonyl (C=O) groups excluding carboxylic acids is 1. The second-order valence-electron chi connectivity index (χ2n) is 10.2. The molecule has 11 heteroatoms. The van der Waals surface area contributed by atoms with Crippen LogP contribution in [0.5, 0.6) is 17.2 Å². The summed E-state index contributed by atoms with van der Waals surface area (Å²) < 4.78 is 19.4. The highest BCUT2D eigenvalue weighted by Gasteiger charge is 2.35. The Morgan fingerprint density at radius 3 is 2.42 bits per heavy atom. The Labute approximate surface area is 275 Å². The number of hydrogen-bond donors (Lipinski definition) is 0. The summed E-state index contributed by atoms with van der Waals surface area (Å²) in [7, 11) is 3.13. The van der Waals surface area contributed by atoms with Crippen LogP contribution in [0, 0.1) is 0 Å². The third-order valence-electron chi connectivity index (χ3n) is 7.62. The van der Waals surface area contributed by atoms with E-state index in [4.69, 9.17) is 42.4 Å². The molecule has 8 nitrogen and oxygen atoms in total. The Balaban J connectivity index is 1.57. The number of fused-ring (bicyclic) bond motifs is 1. The van der Waals surface area contributed by atoms with Gasteiger partial charge in [0, 0.05) is 34.3 Å². The van der Waals surface area contributed by atoms with Crippen LogP contribution in [0.4, 0.5) is 0 Å². The van der Waals surface area contributed by atoms with Gasteiger partial charge >= 0.3 is 0 Å². The van der Waals surface area contributed by atoms with E-state index in [2.05, 4.69) is 0 Å². The second kappa shape index (κ2) is 13.9. The van der Waals surface area contributed by atoms with Crippen LogP contribution in [0.15, 0.2) is 81.7 Å². The lowest BCUT2D eigenvalue weighted by Gasteiger charge is -2.29. The van der Waals surface area contributed by atoms with Crippen molar-refractivity contribution in [2.24, 2.45) is 4.99 Å². The van der Waals surface area contributed by atoms with Crippen molar-refractivity contribution in [1.29, 1.82) is 0 Å². The highest BCUT2D eigenvalue weighted by molar-refractivity contribution is 7.07. The molecule has 0 saturated heterocycles. The van der Waals surface area contributed by atoms with Gasteiger partial charge in [-0.05, 0) is 62.7 Å². The van der Waals surface area contributed by atoms with Gasteiger partial charge in [0.25, 0.3) is 11.5 Å². The van der Waals surface area contributed by atoms with Gasteiger partial charge < -0.3 is 19.1 Å². The molecule has 5 rings (SSSR count). The van der Waals surface area contributed by atoms with E-state index < -0.39 is 6.04 Å². The van der Waals surface area contributed by atoms with Gasteiger partial charge in [-0.15, -0.1) is 0 Å². The Kier molecular flexibility index (Phi) is 10.0. The third kappa shape index (κ3) is 6.52. The normalized spacial score (nSPS) is 14.6. The number of likely N-dealkylation sites (N-methyl/N-ethyl adjacent to an activating group) is 1. The third-order valence-corrected chi connectivity index (χ3v) is 9.19. The number of halogens is 2. The molecule has 2 heterocycles. The second-order valence-corrected chi connectivity index (χ2v) is 12.1. The van der Waals surface area contributed by atoms with Gasteiger partial charge in [-0.25, -0.2) is 4.99 Å². The van der Waals surface area contributed by atoms with Crippen molar-refractivity contribution in [2.45, 2.75) is 33.4 Å². The monoisotopic (exact) mass is 665 g/mol. The van der Waals surface area contributed by atoms with Gasteiger partial charge in [0.1, 0.15) is 18.4 Å². The van der Waals surface area contributed by atoms with Crippen LogP contribution in [0.2, 0.25) is 10.0 Å². The summed E-state index contributed by atoms with van der Waals surface area (Å²) in [6.45, 7) is 6.97. The maximum absolute atomic E-state index is 14.1. The molecule has 0 radical (unpaired) electrons. The van der Waals surface area contributed by atoms with E-state index >= 15 is 0 Å². The number of hydrogen-bond acceptors (Lipinski definition) is 7. The molecule has 0 saturated carbocycles. The van der Waals surface area contributed by atoms with Gasteiger partial charge in [0.15, 0.2) is 16.3 Å². The zero-order valence-electron chi connectivity index (χ0n) is 25.6. The molecule has 1 aliphatic rings. The minimum atomic E-state index is -0.711. The standard InChI is InChI=1S/C34H33Cl2N3O5S/c1-6-38(7-2)33(41)30-20(3)37-34-39(31(30)24-10-8-9-11-26(24)42-4)32(40)29(45-34)17-21-12-15-27(28(16-21)43-5)44-19-22-13-14-23(35)18-25(22)36/h8-18,31H,6-7,19H2,1-5H3/b29-17+/t31-/m0/s1. The number of rotatable bonds is 10. The summed E-state index contributed by atoms with van der Waals surface area (Å²) in [6.07, 6.45) is 1.79. The average molecular weight is 667 g/mol. The molecule has 1 amide bonds. The minimum Gasteiger partial charge on any atom is -0.496 e. The van der Waals surface area contributed by atoms with Crippen molar-refractivity contribution in [3.05, 3.63) is 118 Å². The minimum absolute atomic E-state index is 0.161. The fraction of sp³-hybridized carbons (Fsp3) is 0.265. The zero-order chi connectivity index (χ0) is 32.2. The number of para-hydroxylation sites is 1. The molecular weight excluding hydrogens is 633 g/mol. The topological polar surface area (TPSA) is 82.4 Å². The van der Waals surface area contributed by atoms with Gasteiger partial charge in [-0.2, -0.15) is 0 Å². The first-order valence-electron chi connectivity index (χ1n) is 14.4. The predicted molar refractivity (Wildman–Crippen MR) is 178 cm³/mol. The molecule has 0 bridgehead atoms. The summed E-state index contributed by atoms with van der Waals surface area (Å²) in [4.78, 5) is 35.0. The molecule has 0 fully saturated rings. The van der Waals surface area contributed by atoms with Gasteiger partial charge in [-0.3, -0.25) is 14.2 Å². The van der Waals surface area contributed by atoms with E-state index in [1.807, 2.05) is 57.2 Å². The van der Waals surface area contributed by atoms with Gasteiger partial charge in [0.05, 0.1) is 30.0 Å². The molecule has 45 heavy (non-hydrogen) atoms. The van der Waals surface area contributed by atoms with Crippen LogP contribution in [0.25, 0.3) is 6.08 Å². The van der Waals surface area contributed by atoms with Crippen LogP contribution in [0.3, 0.4) is 0 Å². The first-order chi connectivity index (χ1) is 21.7. The molecule has 0 unspecified atom stereocenters. The van der Waals surface area contributed by atoms with Gasteiger partial charge in [-0.1, -0.05) is 64.9 Å². The largest absolute Gasteiger partial charge is 0.496 e. The molecule has 0 aliphatic carbocycles. The van der Waals surface area contributed by atoms with Crippen molar-refractivity contribution in [2.75, 3.05) is 27.3 Å². The van der Waals surface area contributed by atoms with E-state index in [1.54, 1.807) is 54.0 Å². The van der Waals surface area contributed by atoms with E-state index in [0.717, 1.165) is 11.1 Å². The first-order valence-corrected chi connectivity index (χ1v) is 16.0. The maximum atomic E-state index is 14.1. The SMILES string of the molecule is CCN(CC)C(=O)C1=C(C)N=c2s/c(=C/c3ccc(OCc4ccc(Cl)cc4Cl)c(OC)c3)c(=O)n2[C@H]1c1ccccc1OC. The van der Waals surface area contributed by atoms with Crippen LogP contribution in [-0.4, -0.2) is 42.7 Å². The Hall–Kier alpha value is -4.05. The number of thiazole rings is 1. The number of benzene rings is 3. The van der Waals surface area contributed by atoms with Crippen LogP contribution < -0.4 is 29.1 Å². The van der Waals surface area contributed by atoms with E-state index in [1.165, 1.54) is 11.3 Å². The molecule has 1 aromatic heterocycles. The molecule has 1 atom stereocenters. The summed E-state index contributed by atoms with van der Waals surface area (Å²) in [5.41, 5.74) is 2.99. The van der Waals surface area contributed by atoms with Crippen molar-refractivity contribution >= 4 is 46.5 Å². The van der Waals surface area contributed by atoms with E-state index in [9.17, 15) is 9.59 Å². The number of carbonyl (C=O) groups is 1. The maximum Gasteiger partial charge on any atom is 0.271 e. The van der Waals surface area contributed by atoms with Crippen LogP contribution >= 0.6 is 34.5 Å². The molecule has 0 N–H and O–H groups in total. The Bertz CT molecular complexity index is 1960. The lowest BCUT2D eigenvalue weighted by molar-refractivity contribution is -0.127. The summed E-state index contributed by atoms with van der Waals surface area (Å²) in [5, 5.41) is 1.06. The Morgan fingerprint density at radius 1 is 1.00 bits per heavy atom. The fourth-order valence-corrected chi connectivity index (χ4v) is 6.81. The fourth-order valence-electron chi connectivity index (χ4n) is 5.30. The molecule has 4 aromatic rings. The molecule has 1 aliphatic heterocycles. The van der Waals surface area contributed by atoms with Crippen LogP contribution in [-0.2, 0) is 11.4 Å². The molecule has 3 aromatic carbocycles. The number of allylic oxidation sites excluding steroid dienone is 1. The zero-order valence-corrected chi connectivity index (χ0v) is 27.9. The first kappa shape index (κ1) is 32.3. The highest BCUT2D eigenvalue weighted by Crippen LogP contribution is 2.36. The summed E-state index contributed by atoms with van der Waals surface area (Å²) in [6, 6.07) is 17.4. The van der Waals surface area contributed by atoms with E-state index in [0.29, 0.717) is 66.6 Å². The number of amides is 1. The van der Waals surface area contributed by atoms with Gasteiger partial charge in [0.2, 0.25) is 0 Å². The molecule has 234 valence electrons. The van der Waals surface area contributed by atoms with Crippen molar-refractivity contribution in [3.63, 3.8) is 0 Å². The smallest absolute Gasteiger partial charge is 0.271 e. The van der Waals surface area contributed by atoms with E-state index in [-0.39, 0.29) is 18.1 Å². The van der Waals surface area contributed by atoms with Crippen molar-refractivity contribution in [1.82, 2.24) is 9.47 Å². The predicted octanol–water partition coefficient (Wildman–Crippen LogP) is 6.01. The lowest BCUT2D eigenvalue weighted by atomic mass is 9.94. The Morgan fingerprint density at radius 2 is 1.73 bits per heavy atom. The highest BCUT2D eigenvalue weighted by atomic mass is 35.5. The van der Waals surface area contributed by atoms with Crippen molar-refractivity contribution in [3.8, 4) is 17.2 Å². The average Bonchev–Trinajstić information content (AvgIpc) is 3.34. The lowest BCUT2D eigenvalue weighted by Crippen LogP contribution is -2.43. The molecule has 0 spiro atoms. The molecular formula is C34H33Cl2N3O5S. The quantitative estimate of drug-likeness (QED) is 0.207. The summed E-state index contributed by atoms with van der Waals surface area (Å²) >= 11 is 13.6. The number of methoxy groups -OCH3 is 2. The summed E-state index contributed by atoms with van der Waals surface area (Å²) in [5.74, 6) is 1.44.